The predicted molar refractivity (Wildman–Crippen MR) is 79.6 cm³/mol. The van der Waals surface area contributed by atoms with E-state index >= 15 is 0 Å². The lowest BCUT2D eigenvalue weighted by molar-refractivity contribution is 0.475. The van der Waals surface area contributed by atoms with E-state index in [1.165, 1.54) is 23.5 Å². The molecule has 106 valence electrons. The quantitative estimate of drug-likeness (QED) is 0.946. The summed E-state index contributed by atoms with van der Waals surface area (Å²) in [7, 11) is -2.10. The average Bonchev–Trinajstić information content (AvgIpc) is 2.41. The third-order valence-electron chi connectivity index (χ3n) is 3.20. The number of aryl methyl sites for hydroxylation is 2. The van der Waals surface area contributed by atoms with Crippen LogP contribution in [0.5, 0.6) is 5.75 Å². The van der Waals surface area contributed by atoms with Crippen LogP contribution in [0.25, 0.3) is 0 Å². The van der Waals surface area contributed by atoms with E-state index in [-0.39, 0.29) is 5.75 Å². The highest BCUT2D eigenvalue weighted by molar-refractivity contribution is 7.92. The summed E-state index contributed by atoms with van der Waals surface area (Å²) < 4.78 is 26.5. The Balaban J connectivity index is 2.49. The van der Waals surface area contributed by atoms with Crippen LogP contribution in [0.2, 0.25) is 0 Å². The van der Waals surface area contributed by atoms with Crippen LogP contribution in [0.3, 0.4) is 0 Å². The van der Waals surface area contributed by atoms with Crippen LogP contribution >= 0.6 is 0 Å². The molecule has 0 aromatic heterocycles. The Morgan fingerprint density at radius 3 is 2.20 bits per heavy atom. The molecule has 0 fully saturated rings. The number of nitrogens with zero attached hydrogens (tertiary/aromatic N) is 1. The zero-order valence-electron chi connectivity index (χ0n) is 11.7. The van der Waals surface area contributed by atoms with Gasteiger partial charge in [0.1, 0.15) is 5.75 Å². The Morgan fingerprint density at radius 2 is 1.60 bits per heavy atom. The van der Waals surface area contributed by atoms with Gasteiger partial charge >= 0.3 is 0 Å². The van der Waals surface area contributed by atoms with Crippen LogP contribution in [-0.4, -0.2) is 20.6 Å². The largest absolute Gasteiger partial charge is 0.508 e. The van der Waals surface area contributed by atoms with Gasteiger partial charge in [-0.1, -0.05) is 12.1 Å². The van der Waals surface area contributed by atoms with E-state index in [4.69, 9.17) is 0 Å². The molecule has 0 bridgehead atoms. The number of anilines is 1. The smallest absolute Gasteiger partial charge is 0.264 e. The van der Waals surface area contributed by atoms with Crippen molar-refractivity contribution in [3.05, 3.63) is 53.6 Å². The normalized spacial score (nSPS) is 11.3. The molecule has 0 aliphatic carbocycles. The Labute approximate surface area is 119 Å². The van der Waals surface area contributed by atoms with Crippen molar-refractivity contribution in [3.63, 3.8) is 0 Å². The van der Waals surface area contributed by atoms with E-state index in [1.807, 2.05) is 13.0 Å². The van der Waals surface area contributed by atoms with Crippen LogP contribution in [0.4, 0.5) is 5.69 Å². The first-order chi connectivity index (χ1) is 9.32. The minimum atomic E-state index is -3.61. The van der Waals surface area contributed by atoms with E-state index in [0.29, 0.717) is 16.1 Å². The van der Waals surface area contributed by atoms with Crippen molar-refractivity contribution < 1.29 is 13.5 Å². The van der Waals surface area contributed by atoms with Gasteiger partial charge in [0.05, 0.1) is 10.6 Å². The van der Waals surface area contributed by atoms with Crippen molar-refractivity contribution in [1.82, 2.24) is 0 Å². The van der Waals surface area contributed by atoms with Gasteiger partial charge in [-0.05, 0) is 55.3 Å². The number of phenolic OH excluding ortho intramolecular Hbond substituents is 1. The lowest BCUT2D eigenvalue weighted by Crippen LogP contribution is -2.27. The molecule has 1 N–H and O–H groups in total. The maximum atomic E-state index is 12.7. The van der Waals surface area contributed by atoms with Gasteiger partial charge in [-0.3, -0.25) is 4.31 Å². The van der Waals surface area contributed by atoms with Crippen LogP contribution < -0.4 is 4.31 Å². The lowest BCUT2D eigenvalue weighted by atomic mass is 10.2. The van der Waals surface area contributed by atoms with Gasteiger partial charge in [-0.25, -0.2) is 8.42 Å². The molecular formula is C15H17NO3S. The monoisotopic (exact) mass is 291 g/mol. The van der Waals surface area contributed by atoms with Crippen LogP contribution in [-0.2, 0) is 10.0 Å². The van der Waals surface area contributed by atoms with Crippen molar-refractivity contribution in [2.45, 2.75) is 18.7 Å². The molecular weight excluding hydrogens is 274 g/mol. The molecule has 2 rings (SSSR count). The van der Waals surface area contributed by atoms with E-state index in [1.54, 1.807) is 31.2 Å². The summed E-state index contributed by atoms with van der Waals surface area (Å²) in [6.45, 7) is 3.63. The Kier molecular flexibility index (Phi) is 3.72. The van der Waals surface area contributed by atoms with E-state index in [2.05, 4.69) is 0 Å². The second-order valence-corrected chi connectivity index (χ2v) is 6.70. The van der Waals surface area contributed by atoms with Crippen molar-refractivity contribution in [1.29, 1.82) is 0 Å². The molecule has 0 aliphatic rings. The second-order valence-electron chi connectivity index (χ2n) is 4.76. The highest BCUT2D eigenvalue weighted by Crippen LogP contribution is 2.26. The summed E-state index contributed by atoms with van der Waals surface area (Å²) in [5.41, 5.74) is 2.11. The molecule has 0 spiro atoms. The summed E-state index contributed by atoms with van der Waals surface area (Å²) in [5.74, 6) is 0.103. The molecule has 0 heterocycles. The molecule has 0 amide bonds. The van der Waals surface area contributed by atoms with Crippen molar-refractivity contribution >= 4 is 15.7 Å². The molecule has 0 saturated carbocycles. The number of sulfonamides is 1. The van der Waals surface area contributed by atoms with Crippen LogP contribution in [0.1, 0.15) is 11.1 Å². The fourth-order valence-electron chi connectivity index (χ4n) is 1.93. The van der Waals surface area contributed by atoms with Crippen molar-refractivity contribution in [3.8, 4) is 5.75 Å². The summed E-state index contributed by atoms with van der Waals surface area (Å²) in [6, 6.07) is 11.4. The van der Waals surface area contributed by atoms with Crippen molar-refractivity contribution in [2.24, 2.45) is 0 Å². The summed E-state index contributed by atoms with van der Waals surface area (Å²) in [4.78, 5) is 0.299. The maximum absolute atomic E-state index is 12.7. The zero-order valence-corrected chi connectivity index (χ0v) is 12.5. The highest BCUT2D eigenvalue weighted by atomic mass is 32.2. The fourth-order valence-corrected chi connectivity index (χ4v) is 3.44. The van der Waals surface area contributed by atoms with Gasteiger partial charge < -0.3 is 5.11 Å². The van der Waals surface area contributed by atoms with Gasteiger partial charge in [-0.2, -0.15) is 0 Å². The number of phenols is 1. The molecule has 4 nitrogen and oxygen atoms in total. The Hall–Kier alpha value is -2.01. The first kappa shape index (κ1) is 14.4. The average molecular weight is 291 g/mol. The minimum Gasteiger partial charge on any atom is -0.508 e. The standard InChI is InChI=1S/C15H17NO3S/c1-11-4-5-12(2)15(10-11)20(18,19)16(3)13-6-8-14(17)9-7-13/h4-10,17H,1-3H3. The van der Waals surface area contributed by atoms with Crippen LogP contribution in [0.15, 0.2) is 47.4 Å². The topological polar surface area (TPSA) is 57.6 Å². The van der Waals surface area contributed by atoms with Gasteiger partial charge in [0.25, 0.3) is 10.0 Å². The van der Waals surface area contributed by atoms with Gasteiger partial charge in [0.2, 0.25) is 0 Å². The minimum absolute atomic E-state index is 0.103. The van der Waals surface area contributed by atoms with E-state index < -0.39 is 10.0 Å². The number of rotatable bonds is 3. The molecule has 20 heavy (non-hydrogen) atoms. The molecule has 2 aromatic carbocycles. The zero-order chi connectivity index (χ0) is 14.9. The summed E-state index contributed by atoms with van der Waals surface area (Å²) >= 11 is 0. The third kappa shape index (κ3) is 2.63. The predicted octanol–water partition coefficient (Wildman–Crippen LogP) is 2.83. The summed E-state index contributed by atoms with van der Waals surface area (Å²) in [5, 5.41) is 9.27. The highest BCUT2D eigenvalue weighted by Gasteiger charge is 2.23. The number of hydrogen-bond acceptors (Lipinski definition) is 3. The molecule has 2 aromatic rings. The van der Waals surface area contributed by atoms with E-state index in [9.17, 15) is 13.5 Å². The van der Waals surface area contributed by atoms with Crippen molar-refractivity contribution in [2.75, 3.05) is 11.4 Å². The molecule has 5 heteroatoms. The fraction of sp³-hybridized carbons (Fsp3) is 0.200. The molecule has 0 saturated heterocycles. The Morgan fingerprint density at radius 1 is 1.00 bits per heavy atom. The molecule has 0 atom stereocenters. The van der Waals surface area contributed by atoms with Gasteiger partial charge in [0.15, 0.2) is 0 Å². The second kappa shape index (κ2) is 5.17. The van der Waals surface area contributed by atoms with Gasteiger partial charge in [0, 0.05) is 7.05 Å². The SMILES string of the molecule is Cc1ccc(C)c(S(=O)(=O)N(C)c2ccc(O)cc2)c1. The maximum Gasteiger partial charge on any atom is 0.264 e. The first-order valence-corrected chi connectivity index (χ1v) is 7.61. The third-order valence-corrected chi connectivity index (χ3v) is 5.12. The molecule has 0 unspecified atom stereocenters. The van der Waals surface area contributed by atoms with E-state index in [0.717, 1.165) is 5.56 Å². The Bertz CT molecular complexity index is 721. The number of benzene rings is 2. The molecule has 0 radical (unpaired) electrons. The summed E-state index contributed by atoms with van der Waals surface area (Å²) in [6.07, 6.45) is 0. The molecule has 0 aliphatic heterocycles. The number of aromatic hydroxyl groups is 1. The first-order valence-electron chi connectivity index (χ1n) is 6.17. The lowest BCUT2D eigenvalue weighted by Gasteiger charge is -2.21. The van der Waals surface area contributed by atoms with Gasteiger partial charge in [-0.15, -0.1) is 0 Å². The van der Waals surface area contributed by atoms with Crippen LogP contribution in [0, 0.1) is 13.8 Å². The number of hydrogen-bond donors (Lipinski definition) is 1.